The summed E-state index contributed by atoms with van der Waals surface area (Å²) >= 11 is 0. The third-order valence-electron chi connectivity index (χ3n) is 6.03. The Morgan fingerprint density at radius 3 is 2.93 bits per heavy atom. The zero-order valence-electron chi connectivity index (χ0n) is 17.6. The highest BCUT2D eigenvalue weighted by Crippen LogP contribution is 2.37. The fraction of sp³-hybridized carbons (Fsp3) is 0.458. The number of halogens is 1. The van der Waals surface area contributed by atoms with E-state index in [1.54, 1.807) is 13.2 Å². The van der Waals surface area contributed by atoms with Crippen LogP contribution >= 0.6 is 0 Å². The molecule has 1 aliphatic rings. The number of nitrogens with zero attached hydrogens (tertiary/aromatic N) is 1. The first-order valence-electron chi connectivity index (χ1n) is 10.7. The Balaban J connectivity index is 1.38. The molecule has 1 saturated heterocycles. The summed E-state index contributed by atoms with van der Waals surface area (Å²) < 4.78 is 30.4. The highest BCUT2D eigenvalue weighted by Gasteiger charge is 2.30. The molecule has 2 heterocycles. The van der Waals surface area contributed by atoms with E-state index in [-0.39, 0.29) is 5.82 Å². The first-order chi connectivity index (χ1) is 14.7. The van der Waals surface area contributed by atoms with Crippen molar-refractivity contribution in [3.63, 3.8) is 0 Å². The average Bonchev–Trinajstić information content (AvgIpc) is 3.19. The van der Waals surface area contributed by atoms with E-state index in [1.807, 2.05) is 12.1 Å². The molecule has 0 spiro atoms. The minimum Gasteiger partial charge on any atom is -0.493 e. The molecular formula is C24H29FN2O3. The SMILES string of the molecule is CCc1ccc(OCCCC2CNCCC2c2noc3cc(F)ccc23)c(OC)c1. The number of piperidine rings is 1. The molecule has 4 rings (SSSR count). The van der Waals surface area contributed by atoms with Gasteiger partial charge in [0, 0.05) is 17.4 Å². The Kier molecular flexibility index (Phi) is 6.53. The van der Waals surface area contributed by atoms with Crippen LogP contribution in [-0.4, -0.2) is 32.0 Å². The highest BCUT2D eigenvalue weighted by atomic mass is 19.1. The maximum atomic E-state index is 13.5. The number of rotatable bonds is 8. The number of nitrogens with one attached hydrogen (secondary N) is 1. The summed E-state index contributed by atoms with van der Waals surface area (Å²) in [5, 5.41) is 8.72. The monoisotopic (exact) mass is 412 g/mol. The Morgan fingerprint density at radius 1 is 1.20 bits per heavy atom. The van der Waals surface area contributed by atoms with Crippen LogP contribution < -0.4 is 14.8 Å². The number of hydrogen-bond donors (Lipinski definition) is 1. The van der Waals surface area contributed by atoms with Crippen LogP contribution in [0.1, 0.15) is 43.4 Å². The van der Waals surface area contributed by atoms with Crippen LogP contribution in [0.4, 0.5) is 4.39 Å². The predicted molar refractivity (Wildman–Crippen MR) is 115 cm³/mol. The van der Waals surface area contributed by atoms with E-state index in [0.717, 1.165) is 61.4 Å². The van der Waals surface area contributed by atoms with Gasteiger partial charge in [-0.3, -0.25) is 0 Å². The lowest BCUT2D eigenvalue weighted by molar-refractivity contribution is 0.246. The Hall–Kier alpha value is -2.60. The summed E-state index contributed by atoms with van der Waals surface area (Å²) in [7, 11) is 1.67. The lowest BCUT2D eigenvalue weighted by atomic mass is 9.80. The van der Waals surface area contributed by atoms with Gasteiger partial charge in [0.25, 0.3) is 0 Å². The van der Waals surface area contributed by atoms with Crippen LogP contribution in [0.5, 0.6) is 11.5 Å². The largest absolute Gasteiger partial charge is 0.493 e. The van der Waals surface area contributed by atoms with Crippen LogP contribution in [0.15, 0.2) is 40.9 Å². The molecule has 1 N–H and O–H groups in total. The molecule has 1 aromatic heterocycles. The van der Waals surface area contributed by atoms with Gasteiger partial charge >= 0.3 is 0 Å². The van der Waals surface area contributed by atoms with E-state index in [0.29, 0.717) is 24.0 Å². The normalized spacial score (nSPS) is 19.2. The molecule has 2 aromatic carbocycles. The molecule has 2 unspecified atom stereocenters. The van der Waals surface area contributed by atoms with Gasteiger partial charge in [0.05, 0.1) is 19.4 Å². The second-order valence-corrected chi connectivity index (χ2v) is 7.90. The maximum Gasteiger partial charge on any atom is 0.170 e. The van der Waals surface area contributed by atoms with Crippen molar-refractivity contribution in [2.75, 3.05) is 26.8 Å². The molecule has 0 saturated carbocycles. The van der Waals surface area contributed by atoms with Crippen LogP contribution in [0, 0.1) is 11.7 Å². The Morgan fingerprint density at radius 2 is 2.10 bits per heavy atom. The third kappa shape index (κ3) is 4.43. The van der Waals surface area contributed by atoms with Crippen molar-refractivity contribution in [1.29, 1.82) is 0 Å². The molecule has 0 radical (unpaired) electrons. The van der Waals surface area contributed by atoms with E-state index in [2.05, 4.69) is 23.5 Å². The van der Waals surface area contributed by atoms with Gasteiger partial charge in [0.2, 0.25) is 0 Å². The lowest BCUT2D eigenvalue weighted by Crippen LogP contribution is -2.35. The first-order valence-corrected chi connectivity index (χ1v) is 10.7. The number of aromatic nitrogens is 1. The molecule has 6 heteroatoms. The molecule has 5 nitrogen and oxygen atoms in total. The van der Waals surface area contributed by atoms with Crippen molar-refractivity contribution in [2.24, 2.45) is 5.92 Å². The summed E-state index contributed by atoms with van der Waals surface area (Å²) in [6, 6.07) is 10.8. The van der Waals surface area contributed by atoms with Crippen molar-refractivity contribution in [1.82, 2.24) is 10.5 Å². The molecule has 30 heavy (non-hydrogen) atoms. The molecule has 1 aliphatic heterocycles. The smallest absolute Gasteiger partial charge is 0.170 e. The van der Waals surface area contributed by atoms with Gasteiger partial charge in [-0.15, -0.1) is 0 Å². The van der Waals surface area contributed by atoms with Crippen molar-refractivity contribution in [3.05, 3.63) is 53.5 Å². The van der Waals surface area contributed by atoms with Gasteiger partial charge in [0.15, 0.2) is 17.1 Å². The van der Waals surface area contributed by atoms with Crippen LogP contribution in [0.2, 0.25) is 0 Å². The van der Waals surface area contributed by atoms with Crippen molar-refractivity contribution >= 4 is 11.0 Å². The van der Waals surface area contributed by atoms with Gasteiger partial charge in [-0.2, -0.15) is 0 Å². The summed E-state index contributed by atoms with van der Waals surface area (Å²) in [5.74, 6) is 2.01. The van der Waals surface area contributed by atoms with Crippen LogP contribution in [0.3, 0.4) is 0 Å². The second kappa shape index (κ2) is 9.47. The predicted octanol–water partition coefficient (Wildman–Crippen LogP) is 5.09. The number of aryl methyl sites for hydroxylation is 1. The van der Waals surface area contributed by atoms with Crippen LogP contribution in [-0.2, 0) is 6.42 Å². The fourth-order valence-electron chi connectivity index (χ4n) is 4.36. The average molecular weight is 413 g/mol. The van der Waals surface area contributed by atoms with E-state index in [4.69, 9.17) is 14.0 Å². The van der Waals surface area contributed by atoms with Crippen LogP contribution in [0.25, 0.3) is 11.0 Å². The van der Waals surface area contributed by atoms with E-state index in [9.17, 15) is 4.39 Å². The van der Waals surface area contributed by atoms with E-state index in [1.165, 1.54) is 17.7 Å². The van der Waals surface area contributed by atoms with Crippen molar-refractivity contribution in [2.45, 2.75) is 38.5 Å². The topological polar surface area (TPSA) is 56.5 Å². The molecule has 0 amide bonds. The number of methoxy groups -OCH3 is 1. The number of hydrogen-bond acceptors (Lipinski definition) is 5. The maximum absolute atomic E-state index is 13.5. The second-order valence-electron chi connectivity index (χ2n) is 7.90. The summed E-state index contributed by atoms with van der Waals surface area (Å²) in [6.45, 7) is 4.65. The molecule has 2 atom stereocenters. The molecule has 3 aromatic rings. The lowest BCUT2D eigenvalue weighted by Gasteiger charge is -2.31. The van der Waals surface area contributed by atoms with E-state index >= 15 is 0 Å². The molecule has 0 bridgehead atoms. The van der Waals surface area contributed by atoms with Crippen molar-refractivity contribution < 1.29 is 18.4 Å². The highest BCUT2D eigenvalue weighted by molar-refractivity contribution is 5.80. The standard InChI is InChI=1S/C24H29FN2O3/c1-3-16-6-9-21(23(13-16)28-2)29-12-4-5-17-15-26-11-10-19(17)24-20-8-7-18(25)14-22(20)30-27-24/h6-9,13-14,17,19,26H,3-5,10-12,15H2,1-2H3. The van der Waals surface area contributed by atoms with Gasteiger partial charge in [-0.05, 0) is 74.5 Å². The quantitative estimate of drug-likeness (QED) is 0.522. The van der Waals surface area contributed by atoms with Gasteiger partial charge in [0.1, 0.15) is 5.82 Å². The summed E-state index contributed by atoms with van der Waals surface area (Å²) in [5.41, 5.74) is 2.71. The summed E-state index contributed by atoms with van der Waals surface area (Å²) in [6.07, 6.45) is 3.92. The molecule has 160 valence electrons. The Labute approximate surface area is 176 Å². The van der Waals surface area contributed by atoms with Gasteiger partial charge in [-0.1, -0.05) is 18.1 Å². The Bertz CT molecular complexity index is 988. The number of benzene rings is 2. The zero-order valence-corrected chi connectivity index (χ0v) is 17.6. The summed E-state index contributed by atoms with van der Waals surface area (Å²) in [4.78, 5) is 0. The van der Waals surface area contributed by atoms with E-state index < -0.39 is 0 Å². The molecule has 1 fully saturated rings. The number of fused-ring (bicyclic) bond motifs is 1. The third-order valence-corrected chi connectivity index (χ3v) is 6.03. The molecule has 0 aliphatic carbocycles. The van der Waals surface area contributed by atoms with Gasteiger partial charge in [-0.25, -0.2) is 4.39 Å². The minimum absolute atomic E-state index is 0.299. The first kappa shape index (κ1) is 20.7. The zero-order chi connectivity index (χ0) is 20.9. The number of ether oxygens (including phenoxy) is 2. The van der Waals surface area contributed by atoms with Gasteiger partial charge < -0.3 is 19.3 Å². The fourth-order valence-corrected chi connectivity index (χ4v) is 4.36. The minimum atomic E-state index is -0.299. The van der Waals surface area contributed by atoms with Crippen molar-refractivity contribution in [3.8, 4) is 11.5 Å². The molecular weight excluding hydrogens is 383 g/mol.